The van der Waals surface area contributed by atoms with Crippen LogP contribution in [0.4, 0.5) is 0 Å². The smallest absolute Gasteiger partial charge is 0.334 e. The van der Waals surface area contributed by atoms with Gasteiger partial charge in [0.15, 0.2) is 0 Å². The third-order valence-electron chi connectivity index (χ3n) is 2.44. The van der Waals surface area contributed by atoms with E-state index >= 15 is 0 Å². The lowest BCUT2D eigenvalue weighted by atomic mass is 9.96. The summed E-state index contributed by atoms with van der Waals surface area (Å²) in [5.74, 6) is -0.555. The van der Waals surface area contributed by atoms with Crippen molar-refractivity contribution >= 4 is 11.9 Å². The van der Waals surface area contributed by atoms with Gasteiger partial charge < -0.3 is 9.47 Å². The van der Waals surface area contributed by atoms with Crippen molar-refractivity contribution in [1.82, 2.24) is 0 Å². The van der Waals surface area contributed by atoms with Crippen LogP contribution < -0.4 is 0 Å². The molecule has 0 saturated heterocycles. The Kier molecular flexibility index (Phi) is 8.12. The second kappa shape index (κ2) is 8.73. The van der Waals surface area contributed by atoms with Gasteiger partial charge in [0.2, 0.25) is 0 Å². The number of rotatable bonds is 7. The topological polar surface area (TPSA) is 52.6 Å². The molecule has 0 heterocycles. The van der Waals surface area contributed by atoms with Crippen LogP contribution in [-0.2, 0) is 19.1 Å². The van der Waals surface area contributed by atoms with Crippen LogP contribution in [0, 0.1) is 5.92 Å². The van der Waals surface area contributed by atoms with Gasteiger partial charge in [-0.05, 0) is 39.5 Å². The third-order valence-corrected chi connectivity index (χ3v) is 2.44. The number of esters is 2. The lowest BCUT2D eigenvalue weighted by Gasteiger charge is -2.16. The molecule has 4 nitrogen and oxygen atoms in total. The van der Waals surface area contributed by atoms with Crippen molar-refractivity contribution < 1.29 is 19.1 Å². The van der Waals surface area contributed by atoms with Gasteiger partial charge in [-0.3, -0.25) is 0 Å². The predicted octanol–water partition coefficient (Wildman–Crippen LogP) is 3.25. The van der Waals surface area contributed by atoms with Gasteiger partial charge in [0.1, 0.15) is 0 Å². The highest BCUT2D eigenvalue weighted by molar-refractivity contribution is 6.00. The van der Waals surface area contributed by atoms with E-state index < -0.39 is 11.9 Å². The summed E-state index contributed by atoms with van der Waals surface area (Å²) in [7, 11) is 0. The Bertz CT molecular complexity index is 340. The first kappa shape index (κ1) is 17.7. The van der Waals surface area contributed by atoms with Gasteiger partial charge in [-0.15, -0.1) is 0 Å². The molecule has 0 N–H and O–H groups in total. The van der Waals surface area contributed by atoms with E-state index in [0.717, 1.165) is 0 Å². The van der Waals surface area contributed by atoms with E-state index in [9.17, 15) is 9.59 Å². The summed E-state index contributed by atoms with van der Waals surface area (Å²) < 4.78 is 10.2. The second-order valence-corrected chi connectivity index (χ2v) is 5.08. The maximum atomic E-state index is 12.1. The Labute approximate surface area is 116 Å². The number of carbonyl (C=O) groups is 2. The second-order valence-electron chi connectivity index (χ2n) is 5.08. The molecule has 0 bridgehead atoms. The molecule has 0 rings (SSSR count). The van der Waals surface area contributed by atoms with Crippen LogP contribution in [0.25, 0.3) is 0 Å². The Morgan fingerprint density at radius 3 is 1.89 bits per heavy atom. The normalized spacial score (nSPS) is 12.4. The molecule has 0 aliphatic heterocycles. The van der Waals surface area contributed by atoms with Crippen LogP contribution in [0.2, 0.25) is 0 Å². The van der Waals surface area contributed by atoms with Crippen molar-refractivity contribution in [3.8, 4) is 0 Å². The lowest BCUT2D eigenvalue weighted by Crippen LogP contribution is -2.20. The van der Waals surface area contributed by atoms with Crippen LogP contribution in [0.5, 0.6) is 0 Å². The van der Waals surface area contributed by atoms with E-state index in [-0.39, 0.29) is 12.0 Å². The van der Waals surface area contributed by atoms with Crippen molar-refractivity contribution in [2.75, 3.05) is 6.61 Å². The summed E-state index contributed by atoms with van der Waals surface area (Å²) in [6, 6.07) is 0. The monoisotopic (exact) mass is 270 g/mol. The molecule has 0 saturated carbocycles. The maximum absolute atomic E-state index is 12.1. The molecule has 4 heteroatoms. The average Bonchev–Trinajstić information content (AvgIpc) is 2.27. The molecule has 0 aliphatic carbocycles. The van der Waals surface area contributed by atoms with Crippen molar-refractivity contribution in [1.29, 1.82) is 0 Å². The standard InChI is InChI=1S/C15H26O4/c1-7-12(14(16)18-8-2)13(9-10(3)4)15(17)19-11(5)6/h10-11H,7-9H2,1-6H3/b13-12-. The van der Waals surface area contributed by atoms with E-state index in [1.807, 2.05) is 20.8 Å². The quantitative estimate of drug-likeness (QED) is 0.526. The fourth-order valence-corrected chi connectivity index (χ4v) is 1.72. The number of hydrogen-bond acceptors (Lipinski definition) is 4. The number of ether oxygens (including phenoxy) is 2. The van der Waals surface area contributed by atoms with Gasteiger partial charge >= 0.3 is 11.9 Å². The molecule has 0 spiro atoms. The molecule has 0 fully saturated rings. The highest BCUT2D eigenvalue weighted by Gasteiger charge is 2.23. The van der Waals surface area contributed by atoms with E-state index in [0.29, 0.717) is 30.6 Å². The van der Waals surface area contributed by atoms with E-state index in [2.05, 4.69) is 0 Å². The molecule has 110 valence electrons. The lowest BCUT2D eigenvalue weighted by molar-refractivity contribution is -0.144. The summed E-state index contributed by atoms with van der Waals surface area (Å²) in [4.78, 5) is 24.0. The Morgan fingerprint density at radius 2 is 1.53 bits per heavy atom. The SMILES string of the molecule is CCOC(=O)/C(CC)=C(/CC(C)C)C(=O)OC(C)C. The number of carbonyl (C=O) groups excluding carboxylic acids is 2. The zero-order valence-corrected chi connectivity index (χ0v) is 12.9. The van der Waals surface area contributed by atoms with Crippen LogP contribution in [0.1, 0.15) is 54.4 Å². The van der Waals surface area contributed by atoms with Gasteiger partial charge in [-0.1, -0.05) is 20.8 Å². The highest BCUT2D eigenvalue weighted by atomic mass is 16.5. The zero-order valence-electron chi connectivity index (χ0n) is 12.9. The summed E-state index contributed by atoms with van der Waals surface area (Å²) in [6.45, 7) is 11.5. The fraction of sp³-hybridized carbons (Fsp3) is 0.733. The van der Waals surface area contributed by atoms with Gasteiger partial charge in [-0.2, -0.15) is 0 Å². The molecular weight excluding hydrogens is 244 g/mol. The molecule has 0 unspecified atom stereocenters. The minimum Gasteiger partial charge on any atom is -0.463 e. The minimum atomic E-state index is -0.415. The largest absolute Gasteiger partial charge is 0.463 e. The molecule has 0 amide bonds. The van der Waals surface area contributed by atoms with E-state index in [1.165, 1.54) is 0 Å². The van der Waals surface area contributed by atoms with Gasteiger partial charge in [0, 0.05) is 11.1 Å². The summed E-state index contributed by atoms with van der Waals surface area (Å²) in [5.41, 5.74) is 0.880. The molecule has 0 aromatic carbocycles. The maximum Gasteiger partial charge on any atom is 0.334 e. The van der Waals surface area contributed by atoms with Crippen molar-refractivity contribution in [3.63, 3.8) is 0 Å². The summed E-state index contributed by atoms with van der Waals surface area (Å²) in [5, 5.41) is 0. The van der Waals surface area contributed by atoms with Crippen LogP contribution in [0.3, 0.4) is 0 Å². The van der Waals surface area contributed by atoms with E-state index in [1.54, 1.807) is 20.8 Å². The molecule has 0 aliphatic rings. The van der Waals surface area contributed by atoms with Crippen molar-refractivity contribution in [3.05, 3.63) is 11.1 Å². The Balaban J connectivity index is 5.36. The minimum absolute atomic E-state index is 0.199. The fourth-order valence-electron chi connectivity index (χ4n) is 1.72. The Hall–Kier alpha value is -1.32. The summed E-state index contributed by atoms with van der Waals surface area (Å²) in [6.07, 6.45) is 0.789. The molecular formula is C15H26O4. The zero-order chi connectivity index (χ0) is 15.0. The first-order valence-corrected chi connectivity index (χ1v) is 6.93. The van der Waals surface area contributed by atoms with Crippen LogP contribution in [0.15, 0.2) is 11.1 Å². The summed E-state index contributed by atoms with van der Waals surface area (Å²) >= 11 is 0. The van der Waals surface area contributed by atoms with Gasteiger partial charge in [0.25, 0.3) is 0 Å². The molecule has 0 aromatic rings. The third kappa shape index (κ3) is 6.41. The van der Waals surface area contributed by atoms with Gasteiger partial charge in [-0.25, -0.2) is 9.59 Å². The highest BCUT2D eigenvalue weighted by Crippen LogP contribution is 2.21. The molecule has 0 aromatic heterocycles. The average molecular weight is 270 g/mol. The molecule has 19 heavy (non-hydrogen) atoms. The first-order valence-electron chi connectivity index (χ1n) is 6.93. The van der Waals surface area contributed by atoms with Crippen molar-refractivity contribution in [2.24, 2.45) is 5.92 Å². The van der Waals surface area contributed by atoms with Crippen LogP contribution >= 0.6 is 0 Å². The Morgan fingerprint density at radius 1 is 0.947 bits per heavy atom. The first-order chi connectivity index (χ1) is 8.83. The van der Waals surface area contributed by atoms with Crippen LogP contribution in [-0.4, -0.2) is 24.6 Å². The number of hydrogen-bond donors (Lipinski definition) is 0. The molecule has 0 radical (unpaired) electrons. The van der Waals surface area contributed by atoms with E-state index in [4.69, 9.17) is 9.47 Å². The molecule has 0 atom stereocenters. The van der Waals surface area contributed by atoms with Gasteiger partial charge in [0.05, 0.1) is 12.7 Å². The predicted molar refractivity (Wildman–Crippen MR) is 74.6 cm³/mol. The van der Waals surface area contributed by atoms with Crippen molar-refractivity contribution in [2.45, 2.75) is 60.5 Å².